The number of methoxy groups -OCH3 is 3. The number of nitrogens with zero attached hydrogens (tertiary/aromatic N) is 4. The summed E-state index contributed by atoms with van der Waals surface area (Å²) in [5, 5.41) is 8.92. The molecule has 5 aromatic rings. The van der Waals surface area contributed by atoms with E-state index < -0.39 is 17.6 Å². The molecule has 0 aliphatic heterocycles. The van der Waals surface area contributed by atoms with Crippen LogP contribution < -0.4 is 9.47 Å². The molecule has 44 heavy (non-hydrogen) atoms. The number of hydrogen-bond acceptors (Lipinski definition) is 8. The van der Waals surface area contributed by atoms with Gasteiger partial charge in [0.1, 0.15) is 35.3 Å². The first-order valence-corrected chi connectivity index (χ1v) is 13.6. The number of fused-ring (bicyclic) bond motifs is 1. The Bertz CT molecular complexity index is 1880. The Balaban J connectivity index is 1.40. The lowest BCUT2D eigenvalue weighted by molar-refractivity contribution is 0.0600. The second-order valence-corrected chi connectivity index (χ2v) is 9.76. The van der Waals surface area contributed by atoms with Gasteiger partial charge in [0.2, 0.25) is 5.88 Å². The number of hydrogen-bond donors (Lipinski definition) is 0. The number of imidazole rings is 1. The van der Waals surface area contributed by atoms with Crippen LogP contribution in [0.4, 0.5) is 8.78 Å². The molecule has 5 rings (SSSR count). The number of halogens is 2. The monoisotopic (exact) mass is 598 g/mol. The number of nitriles is 1. The Morgan fingerprint density at radius 3 is 2.45 bits per heavy atom. The van der Waals surface area contributed by atoms with Crippen LogP contribution in [0.25, 0.3) is 22.3 Å². The van der Waals surface area contributed by atoms with E-state index in [0.29, 0.717) is 58.1 Å². The minimum absolute atomic E-state index is 0.0860. The van der Waals surface area contributed by atoms with E-state index >= 15 is 4.39 Å². The Labute approximate surface area is 252 Å². The van der Waals surface area contributed by atoms with Gasteiger partial charge in [-0.25, -0.2) is 23.5 Å². The molecule has 3 aromatic carbocycles. The van der Waals surface area contributed by atoms with Crippen LogP contribution in [0.5, 0.6) is 11.6 Å². The average molecular weight is 599 g/mol. The predicted octanol–water partition coefficient (Wildman–Crippen LogP) is 5.86. The quantitative estimate of drug-likeness (QED) is 0.174. The van der Waals surface area contributed by atoms with Crippen molar-refractivity contribution >= 4 is 17.0 Å². The van der Waals surface area contributed by atoms with Crippen LogP contribution in [-0.2, 0) is 29.0 Å². The molecule has 0 spiro atoms. The first-order chi connectivity index (χ1) is 21.3. The molecule has 0 amide bonds. The third-order valence-corrected chi connectivity index (χ3v) is 7.04. The first-order valence-electron chi connectivity index (χ1n) is 13.6. The van der Waals surface area contributed by atoms with Gasteiger partial charge in [-0.2, -0.15) is 5.26 Å². The Morgan fingerprint density at radius 1 is 0.955 bits per heavy atom. The van der Waals surface area contributed by atoms with E-state index in [-0.39, 0.29) is 30.0 Å². The normalized spacial score (nSPS) is 10.9. The highest BCUT2D eigenvalue weighted by molar-refractivity contribution is 5.96. The zero-order valence-corrected chi connectivity index (χ0v) is 24.3. The number of aromatic nitrogens is 3. The van der Waals surface area contributed by atoms with Crippen LogP contribution >= 0.6 is 0 Å². The fourth-order valence-electron chi connectivity index (χ4n) is 4.76. The fourth-order valence-corrected chi connectivity index (χ4v) is 4.76. The first kappa shape index (κ1) is 30.1. The van der Waals surface area contributed by atoms with Crippen molar-refractivity contribution in [2.75, 3.05) is 27.9 Å². The molecule has 0 saturated carbocycles. The van der Waals surface area contributed by atoms with Gasteiger partial charge in [0.15, 0.2) is 0 Å². The van der Waals surface area contributed by atoms with Crippen molar-refractivity contribution in [3.63, 3.8) is 0 Å². The summed E-state index contributed by atoms with van der Waals surface area (Å²) in [5.74, 6) is -0.321. The summed E-state index contributed by atoms with van der Waals surface area (Å²) in [7, 11) is 4.37. The van der Waals surface area contributed by atoms with Crippen molar-refractivity contribution in [1.82, 2.24) is 14.5 Å². The van der Waals surface area contributed by atoms with E-state index in [2.05, 4.69) is 4.98 Å². The molecule has 0 saturated heterocycles. The minimum atomic E-state index is -0.545. The van der Waals surface area contributed by atoms with E-state index in [9.17, 15) is 9.18 Å². The van der Waals surface area contributed by atoms with Crippen LogP contribution in [0.3, 0.4) is 0 Å². The highest BCUT2D eigenvalue weighted by Crippen LogP contribution is 2.30. The molecular formula is C33H28F2N4O5. The second-order valence-electron chi connectivity index (χ2n) is 9.76. The summed E-state index contributed by atoms with van der Waals surface area (Å²) in [4.78, 5) is 21.5. The highest BCUT2D eigenvalue weighted by atomic mass is 19.1. The van der Waals surface area contributed by atoms with Gasteiger partial charge in [-0.15, -0.1) is 0 Å². The van der Waals surface area contributed by atoms with Gasteiger partial charge in [0.05, 0.1) is 49.2 Å². The van der Waals surface area contributed by atoms with Crippen LogP contribution in [-0.4, -0.2) is 48.4 Å². The Hall–Kier alpha value is -5.34. The fraction of sp³-hybridized carbons (Fsp3) is 0.212. The second kappa shape index (κ2) is 13.3. The molecule has 0 aliphatic rings. The number of benzene rings is 3. The molecule has 0 bridgehead atoms. The van der Waals surface area contributed by atoms with Crippen LogP contribution in [0, 0.1) is 23.0 Å². The lowest BCUT2D eigenvalue weighted by atomic mass is 10.1. The maximum absolute atomic E-state index is 15.5. The van der Waals surface area contributed by atoms with E-state index in [1.807, 2.05) is 10.6 Å². The van der Waals surface area contributed by atoms with E-state index in [1.165, 1.54) is 32.4 Å². The molecule has 0 atom stereocenters. The van der Waals surface area contributed by atoms with Gasteiger partial charge in [0.25, 0.3) is 0 Å². The summed E-state index contributed by atoms with van der Waals surface area (Å²) in [5.41, 5.74) is 3.37. The maximum Gasteiger partial charge on any atom is 0.338 e. The Morgan fingerprint density at radius 2 is 1.75 bits per heavy atom. The molecule has 0 fully saturated rings. The zero-order valence-electron chi connectivity index (χ0n) is 24.3. The lowest BCUT2D eigenvalue weighted by Crippen LogP contribution is -2.10. The largest absolute Gasteiger partial charge is 0.494 e. The van der Waals surface area contributed by atoms with Crippen molar-refractivity contribution in [2.45, 2.75) is 19.6 Å². The molecular weight excluding hydrogens is 570 g/mol. The van der Waals surface area contributed by atoms with E-state index in [0.717, 1.165) is 6.07 Å². The number of esters is 1. The van der Waals surface area contributed by atoms with Gasteiger partial charge in [-0.3, -0.25) is 0 Å². The van der Waals surface area contributed by atoms with Gasteiger partial charge >= 0.3 is 5.97 Å². The van der Waals surface area contributed by atoms with Crippen molar-refractivity contribution in [2.24, 2.45) is 0 Å². The third-order valence-electron chi connectivity index (χ3n) is 7.04. The molecule has 0 aliphatic carbocycles. The van der Waals surface area contributed by atoms with Gasteiger partial charge in [-0.05, 0) is 42.0 Å². The SMILES string of the molecule is COCCn1c(Cc2ccc(-c3cccc(OCc4ccc(C#N)cc4F)n3)cc2F)nc2c(OC)cc(C(=O)OC)cc21. The number of carbonyl (C=O) groups is 1. The molecule has 2 aromatic heterocycles. The molecule has 0 radical (unpaired) electrons. The molecule has 9 nitrogen and oxygen atoms in total. The minimum Gasteiger partial charge on any atom is -0.494 e. The van der Waals surface area contributed by atoms with E-state index in [4.69, 9.17) is 29.2 Å². The molecule has 0 unspecified atom stereocenters. The van der Waals surface area contributed by atoms with Crippen LogP contribution in [0.1, 0.15) is 32.9 Å². The standard InChI is InChI=1S/C33H28F2N4O5/c1-41-12-11-39-28-15-24(33(40)43-3)16-29(42-2)32(28)38-30(39)17-21-9-10-22(14-26(21)35)27-5-4-6-31(37-27)44-19-23-8-7-20(18-36)13-25(23)34/h4-10,13-16H,11-12,17,19H2,1-3H3. The maximum atomic E-state index is 15.5. The summed E-state index contributed by atoms with van der Waals surface area (Å²) < 4.78 is 53.0. The average Bonchev–Trinajstić information content (AvgIpc) is 3.39. The topological polar surface area (TPSA) is 108 Å². The summed E-state index contributed by atoms with van der Waals surface area (Å²) in [6.07, 6.45) is 0.161. The van der Waals surface area contributed by atoms with Crippen molar-refractivity contribution in [1.29, 1.82) is 5.26 Å². The third kappa shape index (κ3) is 6.35. The van der Waals surface area contributed by atoms with Gasteiger partial charge < -0.3 is 23.5 Å². The van der Waals surface area contributed by atoms with Gasteiger partial charge in [0, 0.05) is 37.3 Å². The van der Waals surface area contributed by atoms with E-state index in [1.54, 1.807) is 49.6 Å². The molecule has 2 heterocycles. The van der Waals surface area contributed by atoms with Crippen LogP contribution in [0.15, 0.2) is 66.7 Å². The van der Waals surface area contributed by atoms with Crippen molar-refractivity contribution < 1.29 is 32.5 Å². The number of carbonyl (C=O) groups excluding carboxylic acids is 1. The van der Waals surface area contributed by atoms with Crippen molar-refractivity contribution in [3.05, 3.63) is 106 Å². The smallest absolute Gasteiger partial charge is 0.338 e. The highest BCUT2D eigenvalue weighted by Gasteiger charge is 2.20. The Kier molecular flexibility index (Phi) is 9.12. The molecule has 11 heteroatoms. The lowest BCUT2D eigenvalue weighted by Gasteiger charge is -2.11. The number of rotatable bonds is 11. The number of pyridine rings is 1. The van der Waals surface area contributed by atoms with Gasteiger partial charge in [-0.1, -0.05) is 24.3 Å². The summed E-state index contributed by atoms with van der Waals surface area (Å²) in [6.45, 7) is 0.697. The predicted molar refractivity (Wildman–Crippen MR) is 157 cm³/mol. The molecule has 224 valence electrons. The zero-order chi connectivity index (χ0) is 31.2. The molecule has 0 N–H and O–H groups in total. The summed E-state index contributed by atoms with van der Waals surface area (Å²) in [6, 6.07) is 19.1. The number of ether oxygens (including phenoxy) is 4. The van der Waals surface area contributed by atoms with Crippen molar-refractivity contribution in [3.8, 4) is 29.0 Å². The summed E-state index contributed by atoms with van der Waals surface area (Å²) >= 11 is 0. The van der Waals surface area contributed by atoms with Crippen LogP contribution in [0.2, 0.25) is 0 Å².